The summed E-state index contributed by atoms with van der Waals surface area (Å²) in [7, 11) is 3.80. The quantitative estimate of drug-likeness (QED) is 0.874. The molecule has 1 amide bonds. The number of aliphatic hydroxyl groups is 1. The third kappa shape index (κ3) is 2.71. The van der Waals surface area contributed by atoms with Gasteiger partial charge in [-0.25, -0.2) is 0 Å². The molecule has 0 fully saturated rings. The minimum absolute atomic E-state index is 0.123. The zero-order valence-corrected chi connectivity index (χ0v) is 13.9. The molecule has 3 rings (SSSR count). The molecule has 128 valence electrons. The molecule has 7 heteroatoms. The van der Waals surface area contributed by atoms with E-state index in [1.165, 1.54) is 11.8 Å². The van der Waals surface area contributed by atoms with Crippen LogP contribution in [0.25, 0.3) is 0 Å². The second-order valence-corrected chi connectivity index (χ2v) is 6.14. The number of hydrogen-bond donors (Lipinski definition) is 1. The van der Waals surface area contributed by atoms with Crippen LogP contribution < -0.4 is 9.47 Å². The number of benzene rings is 1. The minimum Gasteiger partial charge on any atom is -0.503 e. The van der Waals surface area contributed by atoms with Crippen LogP contribution in [-0.2, 0) is 9.59 Å². The average molecular weight is 332 g/mol. The van der Waals surface area contributed by atoms with Crippen molar-refractivity contribution in [3.05, 3.63) is 35.1 Å². The highest BCUT2D eigenvalue weighted by Gasteiger charge is 2.42. The van der Waals surface area contributed by atoms with Gasteiger partial charge in [-0.05, 0) is 38.7 Å². The number of carbonyl (C=O) groups is 2. The molecule has 2 aliphatic rings. The Balaban J connectivity index is 2.01. The molecule has 0 aliphatic carbocycles. The van der Waals surface area contributed by atoms with Crippen LogP contribution >= 0.6 is 0 Å². The molecule has 0 saturated carbocycles. The summed E-state index contributed by atoms with van der Waals surface area (Å²) < 4.78 is 10.7. The summed E-state index contributed by atoms with van der Waals surface area (Å²) in [6, 6.07) is 4.67. The van der Waals surface area contributed by atoms with Crippen molar-refractivity contribution in [2.75, 3.05) is 34.0 Å². The number of amides is 1. The molecule has 0 unspecified atom stereocenters. The minimum atomic E-state index is -0.621. The van der Waals surface area contributed by atoms with Gasteiger partial charge in [-0.3, -0.25) is 9.59 Å². The van der Waals surface area contributed by atoms with E-state index in [0.29, 0.717) is 30.2 Å². The topological polar surface area (TPSA) is 79.3 Å². The summed E-state index contributed by atoms with van der Waals surface area (Å²) >= 11 is 0. The Morgan fingerprint density at radius 2 is 2.04 bits per heavy atom. The lowest BCUT2D eigenvalue weighted by Gasteiger charge is -2.27. The number of likely N-dealkylation sites (N-methyl/N-ethyl adjacent to an activating group) is 1. The number of carbonyl (C=O) groups excluding carboxylic acids is 2. The molecule has 0 saturated heterocycles. The molecule has 7 nitrogen and oxygen atoms in total. The Labute approximate surface area is 140 Å². The number of ketones is 1. The fourth-order valence-electron chi connectivity index (χ4n) is 2.98. The molecule has 2 heterocycles. The van der Waals surface area contributed by atoms with E-state index in [1.54, 1.807) is 18.2 Å². The molecular formula is C17H20N2O5. The lowest BCUT2D eigenvalue weighted by Crippen LogP contribution is -2.36. The number of rotatable bonds is 5. The van der Waals surface area contributed by atoms with Crippen LogP contribution in [0.4, 0.5) is 0 Å². The highest BCUT2D eigenvalue weighted by molar-refractivity contribution is 6.08. The van der Waals surface area contributed by atoms with Crippen LogP contribution in [-0.4, -0.2) is 60.6 Å². The van der Waals surface area contributed by atoms with Crippen molar-refractivity contribution in [1.82, 2.24) is 9.80 Å². The highest BCUT2D eigenvalue weighted by atomic mass is 16.7. The first-order chi connectivity index (χ1) is 11.4. The van der Waals surface area contributed by atoms with Crippen molar-refractivity contribution >= 4 is 11.7 Å². The summed E-state index contributed by atoms with van der Waals surface area (Å²) in [5.41, 5.74) is 0.832. The van der Waals surface area contributed by atoms with Gasteiger partial charge in [0.05, 0.1) is 11.6 Å². The van der Waals surface area contributed by atoms with Crippen molar-refractivity contribution in [3.8, 4) is 11.5 Å². The van der Waals surface area contributed by atoms with Gasteiger partial charge in [0.2, 0.25) is 6.79 Å². The second kappa shape index (κ2) is 6.16. The molecule has 0 radical (unpaired) electrons. The summed E-state index contributed by atoms with van der Waals surface area (Å²) in [6.07, 6.45) is 0. The first-order valence-electron chi connectivity index (χ1n) is 7.69. The SMILES string of the molecule is CC(=O)C1=C(O)C(=O)N(CCN(C)C)[C@H]1c1ccc2c(c1)OCO2. The monoisotopic (exact) mass is 332 g/mol. The maximum atomic E-state index is 12.4. The molecule has 1 atom stereocenters. The van der Waals surface area contributed by atoms with E-state index in [0.717, 1.165) is 0 Å². The predicted molar refractivity (Wildman–Crippen MR) is 85.9 cm³/mol. The predicted octanol–water partition coefficient (Wildman–Crippen LogP) is 1.26. The maximum absolute atomic E-state index is 12.4. The van der Waals surface area contributed by atoms with Crippen molar-refractivity contribution in [2.24, 2.45) is 0 Å². The number of Topliss-reactive ketones (excluding diaryl/α,β-unsaturated/α-hetero) is 1. The summed E-state index contributed by atoms with van der Waals surface area (Å²) in [5.74, 6) is -0.119. The normalized spacial score (nSPS) is 19.6. The van der Waals surface area contributed by atoms with E-state index in [1.807, 2.05) is 19.0 Å². The fraction of sp³-hybridized carbons (Fsp3) is 0.412. The Morgan fingerprint density at radius 3 is 2.71 bits per heavy atom. The maximum Gasteiger partial charge on any atom is 0.290 e. The van der Waals surface area contributed by atoms with Crippen LogP contribution in [0.1, 0.15) is 18.5 Å². The third-order valence-corrected chi connectivity index (χ3v) is 4.18. The van der Waals surface area contributed by atoms with Crippen molar-refractivity contribution in [3.63, 3.8) is 0 Å². The standard InChI is InChI=1S/C17H20N2O5/c1-10(20)14-15(11-4-5-12-13(8-11)24-9-23-12)19(7-6-18(2)3)17(22)16(14)21/h4-5,8,15,21H,6-7,9H2,1-3H3/t15-/m0/s1. The molecule has 0 bridgehead atoms. The summed E-state index contributed by atoms with van der Waals surface area (Å²) in [5, 5.41) is 10.2. The molecule has 1 aromatic carbocycles. The molecule has 24 heavy (non-hydrogen) atoms. The second-order valence-electron chi connectivity index (χ2n) is 6.14. The van der Waals surface area contributed by atoms with Crippen LogP contribution in [0.5, 0.6) is 11.5 Å². The van der Waals surface area contributed by atoms with Gasteiger partial charge >= 0.3 is 0 Å². The number of aliphatic hydroxyl groups excluding tert-OH is 1. The van der Waals surface area contributed by atoms with Crippen LogP contribution in [0.2, 0.25) is 0 Å². The zero-order chi connectivity index (χ0) is 17.4. The van der Waals surface area contributed by atoms with Gasteiger partial charge in [0.25, 0.3) is 5.91 Å². The highest BCUT2D eigenvalue weighted by Crippen LogP contribution is 2.41. The number of hydrogen-bond acceptors (Lipinski definition) is 6. The zero-order valence-electron chi connectivity index (χ0n) is 13.9. The van der Waals surface area contributed by atoms with Crippen LogP contribution in [0.3, 0.4) is 0 Å². The van der Waals surface area contributed by atoms with Gasteiger partial charge in [-0.2, -0.15) is 0 Å². The smallest absolute Gasteiger partial charge is 0.290 e. The van der Waals surface area contributed by atoms with Crippen molar-refractivity contribution in [2.45, 2.75) is 13.0 Å². The van der Waals surface area contributed by atoms with Crippen LogP contribution in [0, 0.1) is 0 Å². The lowest BCUT2D eigenvalue weighted by atomic mass is 9.96. The van der Waals surface area contributed by atoms with E-state index in [4.69, 9.17) is 9.47 Å². The van der Waals surface area contributed by atoms with Gasteiger partial charge < -0.3 is 24.4 Å². The summed E-state index contributed by atoms with van der Waals surface area (Å²) in [6.45, 7) is 2.51. The molecule has 2 aliphatic heterocycles. The van der Waals surface area contributed by atoms with E-state index in [-0.39, 0.29) is 18.1 Å². The Bertz CT molecular complexity index is 726. The Hall–Kier alpha value is -2.54. The van der Waals surface area contributed by atoms with E-state index in [9.17, 15) is 14.7 Å². The number of nitrogens with zero attached hydrogens (tertiary/aromatic N) is 2. The van der Waals surface area contributed by atoms with E-state index in [2.05, 4.69) is 0 Å². The number of fused-ring (bicyclic) bond motifs is 1. The molecule has 1 N–H and O–H groups in total. The van der Waals surface area contributed by atoms with E-state index < -0.39 is 17.7 Å². The van der Waals surface area contributed by atoms with Gasteiger partial charge in [-0.1, -0.05) is 6.07 Å². The molecular weight excluding hydrogens is 312 g/mol. The van der Waals surface area contributed by atoms with Gasteiger partial charge in [0.15, 0.2) is 23.0 Å². The van der Waals surface area contributed by atoms with Crippen LogP contribution in [0.15, 0.2) is 29.5 Å². The van der Waals surface area contributed by atoms with Crippen molar-refractivity contribution < 1.29 is 24.2 Å². The fourth-order valence-corrected chi connectivity index (χ4v) is 2.98. The molecule has 1 aromatic rings. The van der Waals surface area contributed by atoms with E-state index >= 15 is 0 Å². The Morgan fingerprint density at radius 1 is 1.33 bits per heavy atom. The molecule has 0 spiro atoms. The van der Waals surface area contributed by atoms with Gasteiger partial charge in [0.1, 0.15) is 0 Å². The van der Waals surface area contributed by atoms with Gasteiger partial charge in [-0.15, -0.1) is 0 Å². The third-order valence-electron chi connectivity index (χ3n) is 4.18. The Kier molecular flexibility index (Phi) is 4.19. The molecule has 0 aromatic heterocycles. The van der Waals surface area contributed by atoms with Crippen molar-refractivity contribution in [1.29, 1.82) is 0 Å². The largest absolute Gasteiger partial charge is 0.503 e. The lowest BCUT2D eigenvalue weighted by molar-refractivity contribution is -0.129. The number of ether oxygens (including phenoxy) is 2. The first kappa shape index (κ1) is 16.3. The summed E-state index contributed by atoms with van der Waals surface area (Å²) in [4.78, 5) is 27.9. The van der Waals surface area contributed by atoms with Gasteiger partial charge in [0, 0.05) is 13.1 Å². The average Bonchev–Trinajstić information content (AvgIpc) is 3.08. The first-order valence-corrected chi connectivity index (χ1v) is 7.69.